The van der Waals surface area contributed by atoms with E-state index < -0.39 is 0 Å². The zero-order chi connectivity index (χ0) is 19.2. The maximum atomic E-state index is 12.1. The number of hydrogen-bond acceptors (Lipinski definition) is 5. The lowest BCUT2D eigenvalue weighted by molar-refractivity contribution is 0.105. The van der Waals surface area contributed by atoms with Crippen LogP contribution in [0.25, 0.3) is 0 Å². The van der Waals surface area contributed by atoms with Gasteiger partial charge in [-0.15, -0.1) is 0 Å². The highest BCUT2D eigenvalue weighted by Crippen LogP contribution is 2.35. The maximum Gasteiger partial charge on any atom is 0.319 e. The standard InChI is InChI=1S/C21H24N2O5/c24-21(22-9-8-17-5-2-10-25-17)23-16-4-1-3-15(11-16)13-26-18-6-7-19-20(12-18)28-14-27-19/h1,3-4,6-7,11-12,17H,2,5,8-10,13-14H2,(H2,22,23,24)/t17-/m1/s1. The fraction of sp³-hybridized carbons (Fsp3) is 0.381. The largest absolute Gasteiger partial charge is 0.489 e. The zero-order valence-corrected chi connectivity index (χ0v) is 15.6. The van der Waals surface area contributed by atoms with Gasteiger partial charge in [-0.1, -0.05) is 12.1 Å². The van der Waals surface area contributed by atoms with Crippen molar-refractivity contribution in [1.29, 1.82) is 0 Å². The molecule has 0 bridgehead atoms. The van der Waals surface area contributed by atoms with Crippen LogP contribution in [-0.4, -0.2) is 32.1 Å². The number of carbonyl (C=O) groups is 1. The number of hydrogen-bond donors (Lipinski definition) is 2. The van der Waals surface area contributed by atoms with Gasteiger partial charge in [0.1, 0.15) is 12.4 Å². The van der Waals surface area contributed by atoms with Crippen molar-refractivity contribution in [2.45, 2.75) is 32.0 Å². The van der Waals surface area contributed by atoms with E-state index in [0.717, 1.165) is 42.9 Å². The average Bonchev–Trinajstić information content (AvgIpc) is 3.38. The van der Waals surface area contributed by atoms with Gasteiger partial charge < -0.3 is 29.6 Å². The minimum atomic E-state index is -0.216. The quantitative estimate of drug-likeness (QED) is 0.761. The van der Waals surface area contributed by atoms with Crippen molar-refractivity contribution in [3.05, 3.63) is 48.0 Å². The van der Waals surface area contributed by atoms with Crippen LogP contribution in [0.2, 0.25) is 0 Å². The predicted octanol–water partition coefficient (Wildman–Crippen LogP) is 3.68. The Hall–Kier alpha value is -2.93. The number of anilines is 1. The van der Waals surface area contributed by atoms with E-state index in [1.165, 1.54) is 0 Å². The highest BCUT2D eigenvalue weighted by Gasteiger charge is 2.15. The van der Waals surface area contributed by atoms with Crippen molar-refractivity contribution in [2.75, 3.05) is 25.3 Å². The van der Waals surface area contributed by atoms with Crippen molar-refractivity contribution in [3.63, 3.8) is 0 Å². The molecule has 2 amide bonds. The van der Waals surface area contributed by atoms with Crippen molar-refractivity contribution in [3.8, 4) is 17.2 Å². The highest BCUT2D eigenvalue weighted by atomic mass is 16.7. The summed E-state index contributed by atoms with van der Waals surface area (Å²) in [4.78, 5) is 12.1. The molecule has 4 rings (SSSR count). The minimum Gasteiger partial charge on any atom is -0.489 e. The summed E-state index contributed by atoms with van der Waals surface area (Å²) in [5.74, 6) is 2.12. The topological polar surface area (TPSA) is 78.1 Å². The number of carbonyl (C=O) groups excluding carboxylic acids is 1. The number of benzene rings is 2. The molecular formula is C21H24N2O5. The van der Waals surface area contributed by atoms with Crippen molar-refractivity contribution < 1.29 is 23.7 Å². The lowest BCUT2D eigenvalue weighted by Crippen LogP contribution is -2.31. The van der Waals surface area contributed by atoms with Crippen molar-refractivity contribution >= 4 is 11.7 Å². The molecule has 2 aromatic rings. The summed E-state index contributed by atoms with van der Waals surface area (Å²) in [7, 11) is 0. The molecule has 0 spiro atoms. The van der Waals surface area contributed by atoms with Gasteiger partial charge in [0, 0.05) is 24.9 Å². The van der Waals surface area contributed by atoms with Gasteiger partial charge in [-0.3, -0.25) is 0 Å². The van der Waals surface area contributed by atoms with Gasteiger partial charge in [-0.25, -0.2) is 4.79 Å². The summed E-state index contributed by atoms with van der Waals surface area (Å²) in [5, 5.41) is 5.73. The Kier molecular flexibility index (Phi) is 5.82. The van der Waals surface area contributed by atoms with E-state index in [0.29, 0.717) is 24.7 Å². The Morgan fingerprint density at radius 3 is 2.96 bits per heavy atom. The molecule has 28 heavy (non-hydrogen) atoms. The first-order valence-corrected chi connectivity index (χ1v) is 9.54. The van der Waals surface area contributed by atoms with Crippen LogP contribution in [0.5, 0.6) is 17.2 Å². The van der Waals surface area contributed by atoms with E-state index in [1.807, 2.05) is 42.5 Å². The molecule has 0 unspecified atom stereocenters. The SMILES string of the molecule is O=C(NCC[C@H]1CCCO1)Nc1cccc(COc2ccc3c(c2)OCO3)c1. The number of rotatable bonds is 7. The lowest BCUT2D eigenvalue weighted by Gasteiger charge is -2.12. The van der Waals surface area contributed by atoms with E-state index in [1.54, 1.807) is 0 Å². The molecule has 7 heteroatoms. The molecule has 7 nitrogen and oxygen atoms in total. The molecule has 1 saturated heterocycles. The third kappa shape index (κ3) is 4.86. The van der Waals surface area contributed by atoms with Gasteiger partial charge >= 0.3 is 6.03 Å². The van der Waals surface area contributed by atoms with Crippen molar-refractivity contribution in [2.24, 2.45) is 0 Å². The fourth-order valence-corrected chi connectivity index (χ4v) is 3.27. The second-order valence-electron chi connectivity index (χ2n) is 6.81. The summed E-state index contributed by atoms with van der Waals surface area (Å²) in [6.07, 6.45) is 3.31. The van der Waals surface area contributed by atoms with Gasteiger partial charge in [-0.05, 0) is 49.1 Å². The summed E-state index contributed by atoms with van der Waals surface area (Å²) >= 11 is 0. The van der Waals surface area contributed by atoms with E-state index in [-0.39, 0.29) is 18.9 Å². The molecule has 0 saturated carbocycles. The molecule has 2 aromatic carbocycles. The molecule has 1 fully saturated rings. The molecule has 2 heterocycles. The van der Waals surface area contributed by atoms with Crippen LogP contribution in [0, 0.1) is 0 Å². The van der Waals surface area contributed by atoms with E-state index in [2.05, 4.69) is 10.6 Å². The van der Waals surface area contributed by atoms with Gasteiger partial charge in [-0.2, -0.15) is 0 Å². The monoisotopic (exact) mass is 384 g/mol. The number of amides is 2. The lowest BCUT2D eigenvalue weighted by atomic mass is 10.2. The third-order valence-corrected chi connectivity index (χ3v) is 4.71. The van der Waals surface area contributed by atoms with Gasteiger partial charge in [0.15, 0.2) is 11.5 Å². The van der Waals surface area contributed by atoms with Crippen LogP contribution < -0.4 is 24.8 Å². The van der Waals surface area contributed by atoms with Crippen LogP contribution in [0.4, 0.5) is 10.5 Å². The molecule has 1 atom stereocenters. The number of nitrogens with one attached hydrogen (secondary N) is 2. The van der Waals surface area contributed by atoms with Gasteiger partial charge in [0.2, 0.25) is 6.79 Å². The molecular weight excluding hydrogens is 360 g/mol. The summed E-state index contributed by atoms with van der Waals surface area (Å²) < 4.78 is 22.0. The second-order valence-corrected chi connectivity index (χ2v) is 6.81. The number of fused-ring (bicyclic) bond motifs is 1. The van der Waals surface area contributed by atoms with Gasteiger partial charge in [0.05, 0.1) is 6.10 Å². The van der Waals surface area contributed by atoms with E-state index in [4.69, 9.17) is 18.9 Å². The Balaban J connectivity index is 1.24. The van der Waals surface area contributed by atoms with Crippen LogP contribution >= 0.6 is 0 Å². The molecule has 148 valence electrons. The normalized spacial score (nSPS) is 17.4. The van der Waals surface area contributed by atoms with Crippen LogP contribution in [0.3, 0.4) is 0 Å². The Labute approximate surface area is 163 Å². The summed E-state index contributed by atoms with van der Waals surface area (Å²) in [6.45, 7) is 2.06. The summed E-state index contributed by atoms with van der Waals surface area (Å²) in [6, 6.07) is 12.9. The highest BCUT2D eigenvalue weighted by molar-refractivity contribution is 5.89. The van der Waals surface area contributed by atoms with Crippen molar-refractivity contribution in [1.82, 2.24) is 5.32 Å². The molecule has 2 aliphatic heterocycles. The van der Waals surface area contributed by atoms with Gasteiger partial charge in [0.25, 0.3) is 0 Å². The molecule has 2 N–H and O–H groups in total. The third-order valence-electron chi connectivity index (χ3n) is 4.71. The minimum absolute atomic E-state index is 0.216. The first-order chi connectivity index (χ1) is 13.8. The molecule has 2 aliphatic rings. The average molecular weight is 384 g/mol. The smallest absolute Gasteiger partial charge is 0.319 e. The van der Waals surface area contributed by atoms with E-state index in [9.17, 15) is 4.79 Å². The molecule has 0 aliphatic carbocycles. The van der Waals surface area contributed by atoms with Crippen LogP contribution in [0.15, 0.2) is 42.5 Å². The van der Waals surface area contributed by atoms with Crippen LogP contribution in [0.1, 0.15) is 24.8 Å². The van der Waals surface area contributed by atoms with Crippen LogP contribution in [-0.2, 0) is 11.3 Å². The molecule has 0 aromatic heterocycles. The predicted molar refractivity (Wildman–Crippen MR) is 104 cm³/mol. The Morgan fingerprint density at radius 2 is 2.07 bits per heavy atom. The first kappa shape index (κ1) is 18.4. The summed E-state index contributed by atoms with van der Waals surface area (Å²) in [5.41, 5.74) is 1.68. The second kappa shape index (κ2) is 8.84. The maximum absolute atomic E-state index is 12.1. The fourth-order valence-electron chi connectivity index (χ4n) is 3.27. The number of urea groups is 1. The number of ether oxygens (including phenoxy) is 4. The zero-order valence-electron chi connectivity index (χ0n) is 15.6. The Bertz CT molecular complexity index is 820. The van der Waals surface area contributed by atoms with E-state index >= 15 is 0 Å². The molecule has 0 radical (unpaired) electrons. The Morgan fingerprint density at radius 1 is 1.14 bits per heavy atom. The first-order valence-electron chi connectivity index (χ1n) is 9.54.